The molecule has 0 N–H and O–H groups in total. The summed E-state index contributed by atoms with van der Waals surface area (Å²) in [5.74, 6) is 0.553. The third-order valence-corrected chi connectivity index (χ3v) is 4.29. The average molecular weight is 308 g/mol. The number of hydrogen-bond acceptors (Lipinski definition) is 1. The van der Waals surface area contributed by atoms with Crippen LogP contribution >= 0.6 is 23.2 Å². The van der Waals surface area contributed by atoms with Crippen LogP contribution in [0.3, 0.4) is 0 Å². The lowest BCUT2D eigenvalue weighted by atomic mass is 10.0. The minimum absolute atomic E-state index is 0.285. The van der Waals surface area contributed by atoms with Crippen LogP contribution in [0.5, 0.6) is 0 Å². The molecule has 0 fully saturated rings. The smallest absolute Gasteiger partial charge is 0.0511 e. The molecule has 2 aromatic carbocycles. The fourth-order valence-corrected chi connectivity index (χ4v) is 2.66. The molecule has 2 rings (SSSR count). The molecule has 0 spiro atoms. The number of nitrogens with zero attached hydrogens (tertiary/aromatic N) is 1. The molecular formula is C17H19Cl2N. The lowest BCUT2D eigenvalue weighted by Crippen LogP contribution is -2.22. The number of hydrogen-bond donors (Lipinski definition) is 0. The average Bonchev–Trinajstić information content (AvgIpc) is 2.46. The molecule has 1 nitrogen and oxygen atoms in total. The van der Waals surface area contributed by atoms with Crippen molar-refractivity contribution in [3.8, 4) is 0 Å². The minimum Gasteiger partial charge on any atom is -0.368 e. The van der Waals surface area contributed by atoms with Crippen molar-refractivity contribution in [1.29, 1.82) is 0 Å². The van der Waals surface area contributed by atoms with Gasteiger partial charge in [0.15, 0.2) is 0 Å². The molecule has 0 aliphatic carbocycles. The molecule has 0 saturated heterocycles. The van der Waals surface area contributed by atoms with E-state index in [1.807, 2.05) is 12.1 Å². The lowest BCUT2D eigenvalue weighted by molar-refractivity contribution is 0.737. The quantitative estimate of drug-likeness (QED) is 0.666. The highest BCUT2D eigenvalue weighted by Gasteiger charge is 2.14. The van der Waals surface area contributed by atoms with Gasteiger partial charge < -0.3 is 4.90 Å². The maximum absolute atomic E-state index is 5.95. The van der Waals surface area contributed by atoms with Crippen molar-refractivity contribution in [2.45, 2.75) is 25.8 Å². The number of anilines is 1. The zero-order valence-corrected chi connectivity index (χ0v) is 13.5. The van der Waals surface area contributed by atoms with Gasteiger partial charge in [0, 0.05) is 23.6 Å². The Hall–Kier alpha value is -1.18. The fourth-order valence-electron chi connectivity index (χ4n) is 2.37. The van der Waals surface area contributed by atoms with Gasteiger partial charge in [-0.1, -0.05) is 35.9 Å². The molecule has 0 aromatic heterocycles. The molecule has 0 radical (unpaired) electrons. The van der Waals surface area contributed by atoms with Crippen molar-refractivity contribution in [3.63, 3.8) is 0 Å². The predicted octanol–water partition coefficient (Wildman–Crippen LogP) is 5.58. The Labute approximate surface area is 131 Å². The Bertz CT molecular complexity index is 578. The van der Waals surface area contributed by atoms with Gasteiger partial charge in [-0.05, 0) is 48.7 Å². The Morgan fingerprint density at radius 2 is 1.75 bits per heavy atom. The van der Waals surface area contributed by atoms with Crippen molar-refractivity contribution in [2.75, 3.05) is 11.9 Å². The first-order valence-electron chi connectivity index (χ1n) is 6.66. The number of benzene rings is 2. The zero-order valence-electron chi connectivity index (χ0n) is 12.0. The van der Waals surface area contributed by atoms with Gasteiger partial charge in [0.1, 0.15) is 0 Å². The van der Waals surface area contributed by atoms with E-state index in [-0.39, 0.29) is 6.04 Å². The van der Waals surface area contributed by atoms with Gasteiger partial charge in [-0.15, -0.1) is 11.6 Å². The number of aryl methyl sites for hydroxylation is 1. The van der Waals surface area contributed by atoms with Gasteiger partial charge in [0.05, 0.1) is 6.04 Å². The minimum atomic E-state index is 0.285. The SMILES string of the molecule is Cc1cc(CCl)ccc1N(C)C(C)c1ccc(Cl)cc1. The molecule has 0 saturated carbocycles. The number of halogens is 2. The van der Waals surface area contributed by atoms with Crippen LogP contribution in [0.4, 0.5) is 5.69 Å². The predicted molar refractivity (Wildman–Crippen MR) is 89.0 cm³/mol. The Morgan fingerprint density at radius 3 is 2.30 bits per heavy atom. The summed E-state index contributed by atoms with van der Waals surface area (Å²) >= 11 is 11.8. The van der Waals surface area contributed by atoms with E-state index in [4.69, 9.17) is 23.2 Å². The molecular weight excluding hydrogens is 289 g/mol. The van der Waals surface area contributed by atoms with Gasteiger partial charge in [-0.2, -0.15) is 0 Å². The molecule has 2 aromatic rings. The monoisotopic (exact) mass is 307 g/mol. The number of rotatable bonds is 4. The van der Waals surface area contributed by atoms with E-state index in [9.17, 15) is 0 Å². The number of alkyl halides is 1. The van der Waals surface area contributed by atoms with Crippen LogP contribution in [0.15, 0.2) is 42.5 Å². The largest absolute Gasteiger partial charge is 0.368 e. The molecule has 1 unspecified atom stereocenters. The highest BCUT2D eigenvalue weighted by Crippen LogP contribution is 2.29. The normalized spacial score (nSPS) is 12.2. The van der Waals surface area contributed by atoms with E-state index in [1.165, 1.54) is 16.8 Å². The van der Waals surface area contributed by atoms with Crippen molar-refractivity contribution in [2.24, 2.45) is 0 Å². The maximum atomic E-state index is 5.95. The molecule has 3 heteroatoms. The first-order chi connectivity index (χ1) is 9.52. The van der Waals surface area contributed by atoms with E-state index in [1.54, 1.807) is 0 Å². The van der Waals surface area contributed by atoms with E-state index in [0.29, 0.717) is 5.88 Å². The van der Waals surface area contributed by atoms with Crippen LogP contribution in [0.25, 0.3) is 0 Å². The van der Waals surface area contributed by atoms with Crippen LogP contribution in [-0.2, 0) is 5.88 Å². The summed E-state index contributed by atoms with van der Waals surface area (Å²) in [4.78, 5) is 2.27. The molecule has 20 heavy (non-hydrogen) atoms. The van der Waals surface area contributed by atoms with Crippen molar-refractivity contribution in [3.05, 3.63) is 64.2 Å². The van der Waals surface area contributed by atoms with Crippen molar-refractivity contribution >= 4 is 28.9 Å². The van der Waals surface area contributed by atoms with Crippen LogP contribution in [0.1, 0.15) is 29.7 Å². The summed E-state index contributed by atoms with van der Waals surface area (Å²) in [6.45, 7) is 4.31. The first kappa shape index (κ1) is 15.2. The summed E-state index contributed by atoms with van der Waals surface area (Å²) < 4.78 is 0. The highest BCUT2D eigenvalue weighted by atomic mass is 35.5. The second-order valence-electron chi connectivity index (χ2n) is 5.09. The third-order valence-electron chi connectivity index (χ3n) is 3.73. The van der Waals surface area contributed by atoms with Gasteiger partial charge in [0.2, 0.25) is 0 Å². The molecule has 0 aliphatic rings. The fraction of sp³-hybridized carbons (Fsp3) is 0.294. The Kier molecular flexibility index (Phi) is 4.95. The maximum Gasteiger partial charge on any atom is 0.0511 e. The van der Waals surface area contributed by atoms with Gasteiger partial charge >= 0.3 is 0 Å². The van der Waals surface area contributed by atoms with Crippen LogP contribution < -0.4 is 4.90 Å². The van der Waals surface area contributed by atoms with Crippen LogP contribution in [0.2, 0.25) is 5.02 Å². The van der Waals surface area contributed by atoms with Gasteiger partial charge in [-0.3, -0.25) is 0 Å². The van der Waals surface area contributed by atoms with E-state index < -0.39 is 0 Å². The standard InChI is InChI=1S/C17H19Cl2N/c1-12-10-14(11-18)4-9-17(12)20(3)13(2)15-5-7-16(19)8-6-15/h4-10,13H,11H2,1-3H3. The molecule has 106 valence electrons. The first-order valence-corrected chi connectivity index (χ1v) is 7.58. The second kappa shape index (κ2) is 6.51. The van der Waals surface area contributed by atoms with E-state index in [2.05, 4.69) is 56.1 Å². The lowest BCUT2D eigenvalue weighted by Gasteiger charge is -2.29. The summed E-state index contributed by atoms with van der Waals surface area (Å²) in [6.07, 6.45) is 0. The van der Waals surface area contributed by atoms with Crippen molar-refractivity contribution < 1.29 is 0 Å². The highest BCUT2D eigenvalue weighted by molar-refractivity contribution is 6.30. The summed E-state index contributed by atoms with van der Waals surface area (Å²) in [7, 11) is 2.11. The Balaban J connectivity index is 2.26. The molecule has 0 amide bonds. The summed E-state index contributed by atoms with van der Waals surface area (Å²) in [5, 5.41) is 0.770. The zero-order chi connectivity index (χ0) is 14.7. The van der Waals surface area contributed by atoms with Gasteiger partial charge in [0.25, 0.3) is 0 Å². The third kappa shape index (κ3) is 3.28. The van der Waals surface area contributed by atoms with Crippen LogP contribution in [-0.4, -0.2) is 7.05 Å². The van der Waals surface area contributed by atoms with Crippen LogP contribution in [0, 0.1) is 6.92 Å². The van der Waals surface area contributed by atoms with Crippen molar-refractivity contribution in [1.82, 2.24) is 0 Å². The van der Waals surface area contributed by atoms with E-state index >= 15 is 0 Å². The topological polar surface area (TPSA) is 3.24 Å². The molecule has 0 heterocycles. The van der Waals surface area contributed by atoms with Gasteiger partial charge in [-0.25, -0.2) is 0 Å². The molecule has 1 atom stereocenters. The molecule has 0 bridgehead atoms. The summed E-state index contributed by atoms with van der Waals surface area (Å²) in [5.41, 5.74) is 4.87. The molecule has 0 aliphatic heterocycles. The second-order valence-corrected chi connectivity index (χ2v) is 5.80. The summed E-state index contributed by atoms with van der Waals surface area (Å²) in [6, 6.07) is 14.7. The Morgan fingerprint density at radius 1 is 1.10 bits per heavy atom. The van der Waals surface area contributed by atoms with E-state index in [0.717, 1.165) is 10.6 Å².